The number of carbonyl (C=O) groups excluding carboxylic acids is 2. The second-order valence-corrected chi connectivity index (χ2v) is 10.4. The van der Waals surface area contributed by atoms with Crippen LogP contribution in [0.25, 0.3) is 0 Å². The molecular weight excluding hydrogens is 478 g/mol. The molecule has 2 aliphatic rings. The maximum Gasteiger partial charge on any atom is 0.311 e. The molecule has 8 nitrogen and oxygen atoms in total. The number of hydrogen-bond donors (Lipinski definition) is 0. The van der Waals surface area contributed by atoms with E-state index in [-0.39, 0.29) is 42.8 Å². The summed E-state index contributed by atoms with van der Waals surface area (Å²) in [6, 6.07) is 23.5. The largest absolute Gasteiger partial charge is 0.464 e. The number of esters is 1. The van der Waals surface area contributed by atoms with Crippen LogP contribution in [0.3, 0.4) is 0 Å². The van der Waals surface area contributed by atoms with Gasteiger partial charge < -0.3 is 14.5 Å². The highest BCUT2D eigenvalue weighted by atomic mass is 32.2. The number of hydrogen-bond acceptors (Lipinski definition) is 6. The SMILES string of the molecule is Cc1ccc(N(CCOC(=O)C2CC(=O)N(c3ccccc3)C2)C2=NS(=O)(=O)c3ccccc32)cc1. The molecule has 1 amide bonds. The third-order valence-electron chi connectivity index (χ3n) is 6.30. The zero-order valence-electron chi connectivity index (χ0n) is 19.7. The predicted molar refractivity (Wildman–Crippen MR) is 137 cm³/mol. The van der Waals surface area contributed by atoms with Crippen LogP contribution in [0, 0.1) is 12.8 Å². The van der Waals surface area contributed by atoms with Crippen molar-refractivity contribution >= 4 is 39.1 Å². The second-order valence-electron chi connectivity index (χ2n) is 8.78. The lowest BCUT2D eigenvalue weighted by atomic mass is 10.1. The Morgan fingerprint density at radius 2 is 1.72 bits per heavy atom. The van der Waals surface area contributed by atoms with Gasteiger partial charge >= 0.3 is 5.97 Å². The third-order valence-corrected chi connectivity index (χ3v) is 7.62. The topological polar surface area (TPSA) is 96.3 Å². The monoisotopic (exact) mass is 503 g/mol. The summed E-state index contributed by atoms with van der Waals surface area (Å²) in [4.78, 5) is 28.8. The van der Waals surface area contributed by atoms with E-state index in [0.29, 0.717) is 5.56 Å². The van der Waals surface area contributed by atoms with Crippen molar-refractivity contribution in [3.63, 3.8) is 0 Å². The first-order valence-electron chi connectivity index (χ1n) is 11.6. The standard InChI is InChI=1S/C27H25N3O5S/c1-19-11-13-22(14-12-19)29(26-23-9-5-6-10-24(23)36(33,34)28-26)15-16-35-27(32)20-17-25(31)30(18-20)21-7-3-2-4-8-21/h2-14,20H,15-18H2,1H3. The minimum absolute atomic E-state index is 0.00394. The van der Waals surface area contributed by atoms with Crippen molar-refractivity contribution < 1.29 is 22.7 Å². The van der Waals surface area contributed by atoms with E-state index < -0.39 is 21.9 Å². The molecule has 2 aliphatic heterocycles. The molecule has 0 N–H and O–H groups in total. The van der Waals surface area contributed by atoms with Gasteiger partial charge in [-0.3, -0.25) is 9.59 Å². The molecule has 0 radical (unpaired) electrons. The molecule has 5 rings (SSSR count). The summed E-state index contributed by atoms with van der Waals surface area (Å²) in [5.74, 6) is -0.842. The fraction of sp³-hybridized carbons (Fsp3) is 0.222. The summed E-state index contributed by atoms with van der Waals surface area (Å²) in [7, 11) is -3.81. The Balaban J connectivity index is 1.31. The molecule has 3 aromatic rings. The van der Waals surface area contributed by atoms with Crippen LogP contribution in [0.1, 0.15) is 17.5 Å². The van der Waals surface area contributed by atoms with E-state index in [4.69, 9.17) is 4.74 Å². The van der Waals surface area contributed by atoms with E-state index in [2.05, 4.69) is 4.40 Å². The third kappa shape index (κ3) is 4.61. The first-order chi connectivity index (χ1) is 17.3. The van der Waals surface area contributed by atoms with Crippen LogP contribution >= 0.6 is 0 Å². The molecule has 0 spiro atoms. The Labute approximate surface area is 209 Å². The highest BCUT2D eigenvalue weighted by molar-refractivity contribution is 7.90. The van der Waals surface area contributed by atoms with E-state index in [1.807, 2.05) is 61.5 Å². The molecule has 1 saturated heterocycles. The molecule has 3 aromatic carbocycles. The lowest BCUT2D eigenvalue weighted by Gasteiger charge is -2.25. The van der Waals surface area contributed by atoms with Gasteiger partial charge in [0.05, 0.1) is 12.5 Å². The number of aryl methyl sites for hydroxylation is 1. The van der Waals surface area contributed by atoms with Crippen molar-refractivity contribution in [2.75, 3.05) is 29.5 Å². The van der Waals surface area contributed by atoms with Crippen LogP contribution in [0.2, 0.25) is 0 Å². The van der Waals surface area contributed by atoms with Gasteiger partial charge in [-0.05, 0) is 43.3 Å². The van der Waals surface area contributed by atoms with Crippen molar-refractivity contribution in [2.24, 2.45) is 10.3 Å². The molecule has 0 bridgehead atoms. The van der Waals surface area contributed by atoms with E-state index in [1.165, 1.54) is 6.07 Å². The molecule has 0 aromatic heterocycles. The number of para-hydroxylation sites is 1. The molecule has 1 atom stereocenters. The van der Waals surface area contributed by atoms with E-state index in [9.17, 15) is 18.0 Å². The predicted octanol–water partition coefficient (Wildman–Crippen LogP) is 3.55. The minimum atomic E-state index is -3.81. The van der Waals surface area contributed by atoms with Gasteiger partial charge in [0, 0.05) is 29.9 Å². The molecule has 1 unspecified atom stereocenters. The van der Waals surface area contributed by atoms with Gasteiger partial charge in [-0.1, -0.05) is 48.0 Å². The van der Waals surface area contributed by atoms with Crippen molar-refractivity contribution in [3.8, 4) is 0 Å². The Bertz CT molecular complexity index is 1440. The summed E-state index contributed by atoms with van der Waals surface area (Å²) in [5, 5.41) is 0. The number of amidine groups is 1. The lowest BCUT2D eigenvalue weighted by molar-refractivity contribution is -0.148. The molecule has 1 fully saturated rings. The summed E-state index contributed by atoms with van der Waals surface area (Å²) >= 11 is 0. The molecule has 9 heteroatoms. The summed E-state index contributed by atoms with van der Waals surface area (Å²) in [6.07, 6.45) is 0.0910. The maximum atomic E-state index is 12.8. The number of amides is 1. The smallest absolute Gasteiger partial charge is 0.311 e. The number of carbonyl (C=O) groups is 2. The van der Waals surface area contributed by atoms with Crippen LogP contribution in [-0.2, 0) is 24.3 Å². The number of nitrogens with zero attached hydrogens (tertiary/aromatic N) is 3. The second kappa shape index (κ2) is 9.58. The van der Waals surface area contributed by atoms with Gasteiger partial charge in [-0.2, -0.15) is 8.42 Å². The first kappa shape index (κ1) is 23.7. The van der Waals surface area contributed by atoms with Gasteiger partial charge in [0.25, 0.3) is 10.0 Å². The van der Waals surface area contributed by atoms with Crippen molar-refractivity contribution in [1.29, 1.82) is 0 Å². The van der Waals surface area contributed by atoms with Crippen LogP contribution in [0.5, 0.6) is 0 Å². The fourth-order valence-electron chi connectivity index (χ4n) is 4.44. The number of benzene rings is 3. The van der Waals surface area contributed by atoms with Crippen molar-refractivity contribution in [1.82, 2.24) is 0 Å². The Kier molecular flexibility index (Phi) is 6.32. The van der Waals surface area contributed by atoms with E-state index in [0.717, 1.165) is 16.9 Å². The quantitative estimate of drug-likeness (QED) is 0.478. The summed E-state index contributed by atoms with van der Waals surface area (Å²) < 4.78 is 34.9. The van der Waals surface area contributed by atoms with Crippen LogP contribution < -0.4 is 9.80 Å². The molecule has 0 saturated carbocycles. The van der Waals surface area contributed by atoms with Gasteiger partial charge in [-0.15, -0.1) is 4.40 Å². The average Bonchev–Trinajstić information content (AvgIpc) is 3.40. The van der Waals surface area contributed by atoms with Crippen LogP contribution in [0.4, 0.5) is 11.4 Å². The highest BCUT2D eigenvalue weighted by Gasteiger charge is 2.36. The van der Waals surface area contributed by atoms with Gasteiger partial charge in [0.15, 0.2) is 5.84 Å². The highest BCUT2D eigenvalue weighted by Crippen LogP contribution is 2.30. The van der Waals surface area contributed by atoms with E-state index >= 15 is 0 Å². The van der Waals surface area contributed by atoms with Crippen LogP contribution in [0.15, 0.2) is 88.2 Å². The average molecular weight is 504 g/mol. The number of sulfonamides is 1. The maximum absolute atomic E-state index is 12.8. The Morgan fingerprint density at radius 3 is 2.47 bits per heavy atom. The first-order valence-corrected chi connectivity index (χ1v) is 13.1. The number of ether oxygens (including phenoxy) is 1. The molecule has 0 aliphatic carbocycles. The molecule has 36 heavy (non-hydrogen) atoms. The zero-order valence-corrected chi connectivity index (χ0v) is 20.5. The van der Waals surface area contributed by atoms with Gasteiger partial charge in [0.1, 0.15) is 11.5 Å². The van der Waals surface area contributed by atoms with Crippen molar-refractivity contribution in [3.05, 3.63) is 90.0 Å². The summed E-state index contributed by atoms with van der Waals surface area (Å²) in [6.45, 7) is 2.43. The van der Waals surface area contributed by atoms with Gasteiger partial charge in [0.2, 0.25) is 5.91 Å². The molecular formula is C27H25N3O5S. The van der Waals surface area contributed by atoms with Crippen LogP contribution in [-0.4, -0.2) is 45.8 Å². The Hall–Kier alpha value is -3.98. The normalized spacial score (nSPS) is 18.0. The molecule has 2 heterocycles. The number of rotatable bonds is 6. The zero-order chi connectivity index (χ0) is 25.3. The molecule has 184 valence electrons. The van der Waals surface area contributed by atoms with E-state index in [1.54, 1.807) is 28.0 Å². The number of anilines is 2. The summed E-state index contributed by atoms with van der Waals surface area (Å²) in [5.41, 5.74) is 3.04. The number of fused-ring (bicyclic) bond motifs is 1. The minimum Gasteiger partial charge on any atom is -0.464 e. The fourth-order valence-corrected chi connectivity index (χ4v) is 5.65. The van der Waals surface area contributed by atoms with Crippen molar-refractivity contribution in [2.45, 2.75) is 18.2 Å². The Morgan fingerprint density at radius 1 is 1.03 bits per heavy atom. The lowest BCUT2D eigenvalue weighted by Crippen LogP contribution is -2.35. The van der Waals surface area contributed by atoms with Gasteiger partial charge in [-0.25, -0.2) is 0 Å².